The predicted molar refractivity (Wildman–Crippen MR) is 79.1 cm³/mol. The third kappa shape index (κ3) is 2.83. The van der Waals surface area contributed by atoms with Gasteiger partial charge in [-0.3, -0.25) is 4.79 Å². The molecule has 2 aromatic carbocycles. The summed E-state index contributed by atoms with van der Waals surface area (Å²) in [5, 5.41) is 2.56. The largest absolute Gasteiger partial charge is 0.448 e. The van der Waals surface area contributed by atoms with E-state index in [9.17, 15) is 14.0 Å². The maximum absolute atomic E-state index is 13.1. The van der Waals surface area contributed by atoms with Crippen molar-refractivity contribution in [2.75, 3.05) is 5.32 Å². The van der Waals surface area contributed by atoms with Gasteiger partial charge in [0.15, 0.2) is 6.10 Å². The van der Waals surface area contributed by atoms with E-state index in [0.717, 1.165) is 11.1 Å². The van der Waals surface area contributed by atoms with Crippen LogP contribution in [0.2, 0.25) is 0 Å². The van der Waals surface area contributed by atoms with Crippen LogP contribution in [0, 0.1) is 12.7 Å². The second kappa shape index (κ2) is 5.60. The molecule has 0 aromatic heterocycles. The molecule has 1 unspecified atom stereocenters. The third-order valence-electron chi connectivity index (χ3n) is 3.52. The number of carbonyl (C=O) groups excluding carboxylic acids is 2. The first-order valence-corrected chi connectivity index (χ1v) is 6.90. The van der Waals surface area contributed by atoms with Crippen molar-refractivity contribution in [1.82, 2.24) is 0 Å². The Morgan fingerprint density at radius 3 is 2.86 bits per heavy atom. The molecule has 3 rings (SSSR count). The Morgan fingerprint density at radius 1 is 1.27 bits per heavy atom. The van der Waals surface area contributed by atoms with Gasteiger partial charge in [0.25, 0.3) is 5.91 Å². The summed E-state index contributed by atoms with van der Waals surface area (Å²) in [4.78, 5) is 24.2. The molecule has 0 spiro atoms. The number of carbonyl (C=O) groups is 2. The van der Waals surface area contributed by atoms with Gasteiger partial charge in [-0.2, -0.15) is 0 Å². The Kier molecular flexibility index (Phi) is 3.63. The van der Waals surface area contributed by atoms with E-state index in [4.69, 9.17) is 4.74 Å². The van der Waals surface area contributed by atoms with E-state index in [1.807, 2.05) is 19.1 Å². The number of hydrogen-bond donors (Lipinski definition) is 1. The van der Waals surface area contributed by atoms with Crippen molar-refractivity contribution in [2.24, 2.45) is 0 Å². The zero-order chi connectivity index (χ0) is 15.7. The summed E-state index contributed by atoms with van der Waals surface area (Å²) in [6.07, 6.45) is -0.603. The summed E-state index contributed by atoms with van der Waals surface area (Å²) in [5.41, 5.74) is 2.62. The number of fused-ring (bicyclic) bond motifs is 1. The number of esters is 1. The molecule has 112 valence electrons. The molecule has 1 aliphatic rings. The minimum Gasteiger partial charge on any atom is -0.448 e. The van der Waals surface area contributed by atoms with E-state index in [1.165, 1.54) is 18.2 Å². The van der Waals surface area contributed by atoms with Gasteiger partial charge < -0.3 is 10.1 Å². The van der Waals surface area contributed by atoms with Gasteiger partial charge >= 0.3 is 5.97 Å². The number of cyclic esters (lactones) is 1. The summed E-state index contributed by atoms with van der Waals surface area (Å²) in [7, 11) is 0. The first-order valence-electron chi connectivity index (χ1n) is 6.90. The van der Waals surface area contributed by atoms with Gasteiger partial charge in [-0.1, -0.05) is 23.8 Å². The van der Waals surface area contributed by atoms with Gasteiger partial charge in [0, 0.05) is 12.1 Å². The molecule has 0 radical (unpaired) electrons. The summed E-state index contributed by atoms with van der Waals surface area (Å²) >= 11 is 0. The van der Waals surface area contributed by atoms with Crippen molar-refractivity contribution in [3.8, 4) is 0 Å². The van der Waals surface area contributed by atoms with Gasteiger partial charge in [0.2, 0.25) is 0 Å². The SMILES string of the molecule is Cc1ccc2c(c1)CC(C(=O)Nc1cccc(F)c1)OC2=O. The molecule has 4 nitrogen and oxygen atoms in total. The fourth-order valence-electron chi connectivity index (χ4n) is 2.46. The van der Waals surface area contributed by atoms with Crippen LogP contribution in [0.3, 0.4) is 0 Å². The molecule has 1 N–H and O–H groups in total. The Balaban J connectivity index is 1.79. The van der Waals surface area contributed by atoms with Gasteiger partial charge in [-0.15, -0.1) is 0 Å². The van der Waals surface area contributed by atoms with Crippen LogP contribution < -0.4 is 5.32 Å². The van der Waals surface area contributed by atoms with Crippen LogP contribution in [-0.4, -0.2) is 18.0 Å². The highest BCUT2D eigenvalue weighted by Crippen LogP contribution is 2.23. The van der Waals surface area contributed by atoms with Crippen LogP contribution in [0.25, 0.3) is 0 Å². The second-order valence-corrected chi connectivity index (χ2v) is 5.26. The number of anilines is 1. The number of nitrogens with one attached hydrogen (secondary N) is 1. The van der Waals surface area contributed by atoms with Crippen LogP contribution in [0.5, 0.6) is 0 Å². The molecular weight excluding hydrogens is 285 g/mol. The highest BCUT2D eigenvalue weighted by atomic mass is 19.1. The number of halogens is 1. The van der Waals surface area contributed by atoms with E-state index in [1.54, 1.807) is 12.1 Å². The average Bonchev–Trinajstić information content (AvgIpc) is 2.46. The van der Waals surface area contributed by atoms with E-state index in [0.29, 0.717) is 17.7 Å². The number of hydrogen-bond acceptors (Lipinski definition) is 3. The monoisotopic (exact) mass is 299 g/mol. The molecule has 5 heteroatoms. The second-order valence-electron chi connectivity index (χ2n) is 5.26. The number of aryl methyl sites for hydroxylation is 1. The average molecular weight is 299 g/mol. The van der Waals surface area contributed by atoms with Crippen LogP contribution in [0.4, 0.5) is 10.1 Å². The lowest BCUT2D eigenvalue weighted by atomic mass is 9.96. The summed E-state index contributed by atoms with van der Waals surface area (Å²) in [6, 6.07) is 11.0. The van der Waals surface area contributed by atoms with Crippen molar-refractivity contribution in [3.05, 3.63) is 65.0 Å². The molecular formula is C17H14FNO3. The lowest BCUT2D eigenvalue weighted by Gasteiger charge is -2.24. The van der Waals surface area contributed by atoms with Crippen molar-refractivity contribution in [1.29, 1.82) is 0 Å². The fraction of sp³-hybridized carbons (Fsp3) is 0.176. The first kappa shape index (κ1) is 14.3. The van der Waals surface area contributed by atoms with Gasteiger partial charge in [-0.25, -0.2) is 9.18 Å². The molecule has 0 fully saturated rings. The molecule has 22 heavy (non-hydrogen) atoms. The van der Waals surface area contributed by atoms with Crippen LogP contribution in [0.15, 0.2) is 42.5 Å². The van der Waals surface area contributed by atoms with Crippen molar-refractivity contribution in [3.63, 3.8) is 0 Å². The zero-order valence-corrected chi connectivity index (χ0v) is 11.9. The Hall–Kier alpha value is -2.69. The number of amides is 1. The van der Waals surface area contributed by atoms with E-state index < -0.39 is 23.8 Å². The lowest BCUT2D eigenvalue weighted by Crippen LogP contribution is -2.38. The number of ether oxygens (including phenoxy) is 1. The molecule has 1 atom stereocenters. The molecule has 0 bridgehead atoms. The molecule has 0 saturated heterocycles. The highest BCUT2D eigenvalue weighted by molar-refractivity contribution is 6.00. The van der Waals surface area contributed by atoms with Gasteiger partial charge in [0.05, 0.1) is 5.56 Å². The number of rotatable bonds is 2. The van der Waals surface area contributed by atoms with Crippen LogP contribution in [-0.2, 0) is 16.0 Å². The highest BCUT2D eigenvalue weighted by Gasteiger charge is 2.31. The zero-order valence-electron chi connectivity index (χ0n) is 11.9. The summed E-state index contributed by atoms with van der Waals surface area (Å²) in [5.74, 6) is -1.42. The normalized spacial score (nSPS) is 16.6. The lowest BCUT2D eigenvalue weighted by molar-refractivity contribution is -0.125. The van der Waals surface area contributed by atoms with Crippen molar-refractivity contribution < 1.29 is 18.7 Å². The predicted octanol–water partition coefficient (Wildman–Crippen LogP) is 2.85. The first-order chi connectivity index (χ1) is 10.5. The van der Waals surface area contributed by atoms with Crippen LogP contribution in [0.1, 0.15) is 21.5 Å². The van der Waals surface area contributed by atoms with Crippen LogP contribution >= 0.6 is 0 Å². The molecule has 2 aromatic rings. The maximum atomic E-state index is 13.1. The van der Waals surface area contributed by atoms with E-state index in [-0.39, 0.29) is 0 Å². The smallest absolute Gasteiger partial charge is 0.339 e. The molecule has 0 saturated carbocycles. The van der Waals surface area contributed by atoms with Crippen molar-refractivity contribution in [2.45, 2.75) is 19.4 Å². The van der Waals surface area contributed by atoms with E-state index >= 15 is 0 Å². The fourth-order valence-corrected chi connectivity index (χ4v) is 2.46. The quantitative estimate of drug-likeness (QED) is 0.868. The summed E-state index contributed by atoms with van der Waals surface area (Å²) < 4.78 is 18.3. The minimum absolute atomic E-state index is 0.309. The summed E-state index contributed by atoms with van der Waals surface area (Å²) in [6.45, 7) is 1.92. The topological polar surface area (TPSA) is 55.4 Å². The Labute approximate surface area is 126 Å². The van der Waals surface area contributed by atoms with Gasteiger partial charge in [-0.05, 0) is 36.8 Å². The van der Waals surface area contributed by atoms with Gasteiger partial charge in [0.1, 0.15) is 5.82 Å². The number of benzene rings is 2. The molecule has 1 heterocycles. The third-order valence-corrected chi connectivity index (χ3v) is 3.52. The van der Waals surface area contributed by atoms with Crippen molar-refractivity contribution >= 4 is 17.6 Å². The molecule has 0 aliphatic carbocycles. The van der Waals surface area contributed by atoms with E-state index in [2.05, 4.69) is 5.32 Å². The molecule has 1 aliphatic heterocycles. The maximum Gasteiger partial charge on any atom is 0.339 e. The standard InChI is InChI=1S/C17H14FNO3/c1-10-5-6-14-11(7-10)8-15(22-17(14)21)16(20)19-13-4-2-3-12(18)9-13/h2-7,9,15H,8H2,1H3,(H,19,20). The Morgan fingerprint density at radius 2 is 2.09 bits per heavy atom. The minimum atomic E-state index is -0.912. The molecule has 1 amide bonds. The Bertz CT molecular complexity index is 757.